The van der Waals surface area contributed by atoms with Crippen molar-refractivity contribution in [2.75, 3.05) is 23.7 Å². The molecule has 1 fully saturated rings. The van der Waals surface area contributed by atoms with E-state index in [1.807, 2.05) is 25.1 Å². The number of carbonyl (C=O) groups excluding carboxylic acids is 1. The second-order valence-corrected chi connectivity index (χ2v) is 4.88. The maximum atomic E-state index is 12.0. The van der Waals surface area contributed by atoms with Crippen molar-refractivity contribution in [2.45, 2.75) is 19.4 Å². The molecule has 1 unspecified atom stereocenters. The van der Waals surface area contributed by atoms with Gasteiger partial charge in [0.05, 0.1) is 5.52 Å². The van der Waals surface area contributed by atoms with Gasteiger partial charge in [-0.2, -0.15) is 0 Å². The molecule has 6 heteroatoms. The van der Waals surface area contributed by atoms with Crippen molar-refractivity contribution in [3.63, 3.8) is 0 Å². The fraction of sp³-hybridized carbons (Fsp3) is 0.357. The molecule has 1 aromatic carbocycles. The summed E-state index contributed by atoms with van der Waals surface area (Å²) in [7, 11) is 0. The summed E-state index contributed by atoms with van der Waals surface area (Å²) < 4.78 is 0. The van der Waals surface area contributed by atoms with Gasteiger partial charge in [-0.1, -0.05) is 6.92 Å². The number of anilines is 2. The van der Waals surface area contributed by atoms with Gasteiger partial charge in [0.15, 0.2) is 0 Å². The van der Waals surface area contributed by atoms with E-state index in [0.717, 1.165) is 29.7 Å². The summed E-state index contributed by atoms with van der Waals surface area (Å²) in [5, 5.41) is 3.82. The Morgan fingerprint density at radius 1 is 1.45 bits per heavy atom. The topological polar surface area (TPSA) is 84.1 Å². The highest BCUT2D eigenvalue weighted by molar-refractivity contribution is 5.94. The second-order valence-electron chi connectivity index (χ2n) is 4.88. The number of aromatic nitrogens is 2. The van der Waals surface area contributed by atoms with E-state index >= 15 is 0 Å². The molecule has 0 saturated carbocycles. The summed E-state index contributed by atoms with van der Waals surface area (Å²) in [6, 6.07) is 5.39. The molecule has 0 bridgehead atoms. The molecule has 6 nitrogen and oxygen atoms in total. The molecule has 20 heavy (non-hydrogen) atoms. The van der Waals surface area contributed by atoms with Crippen LogP contribution in [0.1, 0.15) is 13.3 Å². The van der Waals surface area contributed by atoms with Crippen LogP contribution in [0.3, 0.4) is 0 Å². The van der Waals surface area contributed by atoms with Crippen molar-refractivity contribution in [2.24, 2.45) is 0 Å². The Hall–Kier alpha value is -2.37. The maximum absolute atomic E-state index is 12.0. The first-order valence-electron chi connectivity index (χ1n) is 6.75. The average Bonchev–Trinajstić information content (AvgIpc) is 2.46. The van der Waals surface area contributed by atoms with Crippen molar-refractivity contribution >= 4 is 28.3 Å². The Kier molecular flexibility index (Phi) is 3.14. The van der Waals surface area contributed by atoms with E-state index in [4.69, 9.17) is 5.73 Å². The molecule has 0 spiro atoms. The number of benzene rings is 1. The van der Waals surface area contributed by atoms with Gasteiger partial charge < -0.3 is 16.0 Å². The number of fused-ring (bicyclic) bond motifs is 1. The van der Waals surface area contributed by atoms with E-state index in [-0.39, 0.29) is 11.9 Å². The zero-order valence-electron chi connectivity index (χ0n) is 11.3. The fourth-order valence-electron chi connectivity index (χ4n) is 2.66. The molecule has 0 radical (unpaired) electrons. The van der Waals surface area contributed by atoms with Gasteiger partial charge in [-0.3, -0.25) is 4.79 Å². The van der Waals surface area contributed by atoms with Gasteiger partial charge in [-0.25, -0.2) is 9.97 Å². The predicted molar refractivity (Wildman–Crippen MR) is 78.4 cm³/mol. The molecule has 3 rings (SSSR count). The third-order valence-electron chi connectivity index (χ3n) is 3.63. The molecule has 2 aromatic rings. The van der Waals surface area contributed by atoms with E-state index in [1.165, 1.54) is 6.33 Å². The van der Waals surface area contributed by atoms with E-state index in [1.54, 1.807) is 0 Å². The van der Waals surface area contributed by atoms with Crippen molar-refractivity contribution in [1.29, 1.82) is 0 Å². The van der Waals surface area contributed by atoms with E-state index in [9.17, 15) is 4.79 Å². The third kappa shape index (κ3) is 2.03. The van der Waals surface area contributed by atoms with Gasteiger partial charge in [-0.05, 0) is 24.6 Å². The highest BCUT2D eigenvalue weighted by Gasteiger charge is 2.29. The lowest BCUT2D eigenvalue weighted by molar-refractivity contribution is -0.123. The predicted octanol–water partition coefficient (Wildman–Crippen LogP) is 0.927. The van der Waals surface area contributed by atoms with Crippen molar-refractivity contribution in [3.8, 4) is 0 Å². The molecule has 1 saturated heterocycles. The summed E-state index contributed by atoms with van der Waals surface area (Å²) in [5.41, 5.74) is 7.26. The minimum absolute atomic E-state index is 0.0564. The monoisotopic (exact) mass is 271 g/mol. The van der Waals surface area contributed by atoms with E-state index in [0.29, 0.717) is 12.2 Å². The summed E-state index contributed by atoms with van der Waals surface area (Å²) in [6.45, 7) is 3.39. The average molecular weight is 271 g/mol. The van der Waals surface area contributed by atoms with Crippen LogP contribution in [0.25, 0.3) is 10.9 Å². The van der Waals surface area contributed by atoms with Crippen LogP contribution in [0.15, 0.2) is 24.5 Å². The van der Waals surface area contributed by atoms with Crippen LogP contribution in [-0.2, 0) is 4.79 Å². The van der Waals surface area contributed by atoms with Crippen molar-refractivity contribution < 1.29 is 4.79 Å². The number of hydrogen-bond donors (Lipinski definition) is 2. The molecule has 1 atom stereocenters. The number of carbonyl (C=O) groups is 1. The molecule has 1 aromatic heterocycles. The second kappa shape index (κ2) is 4.96. The van der Waals surface area contributed by atoms with Crippen LogP contribution >= 0.6 is 0 Å². The van der Waals surface area contributed by atoms with Crippen LogP contribution < -0.4 is 16.0 Å². The molecule has 104 valence electrons. The van der Waals surface area contributed by atoms with Gasteiger partial charge in [0.2, 0.25) is 5.91 Å². The van der Waals surface area contributed by atoms with Crippen LogP contribution in [0.4, 0.5) is 11.5 Å². The Balaban J connectivity index is 2.11. The lowest BCUT2D eigenvalue weighted by Crippen LogP contribution is -2.55. The SMILES string of the molecule is CCC1C(=O)NCCN1c1ncnc2cc(N)ccc12. The quantitative estimate of drug-likeness (QED) is 0.794. The van der Waals surface area contributed by atoms with Gasteiger partial charge in [0.1, 0.15) is 18.2 Å². The minimum Gasteiger partial charge on any atom is -0.399 e. The Labute approximate surface area is 117 Å². The van der Waals surface area contributed by atoms with Gasteiger partial charge in [-0.15, -0.1) is 0 Å². The summed E-state index contributed by atoms with van der Waals surface area (Å²) in [4.78, 5) is 22.7. The molecule has 2 heterocycles. The Morgan fingerprint density at radius 3 is 3.10 bits per heavy atom. The number of hydrogen-bond acceptors (Lipinski definition) is 5. The lowest BCUT2D eigenvalue weighted by Gasteiger charge is -2.35. The van der Waals surface area contributed by atoms with Crippen molar-refractivity contribution in [1.82, 2.24) is 15.3 Å². The minimum atomic E-state index is -0.181. The van der Waals surface area contributed by atoms with Crippen LogP contribution in [0.5, 0.6) is 0 Å². The standard InChI is InChI=1S/C14H17N5O/c1-2-12-14(20)16-5-6-19(12)13-10-4-3-9(15)7-11(10)17-8-18-13/h3-4,7-8,12H,2,5-6,15H2,1H3,(H,16,20). The zero-order valence-corrected chi connectivity index (χ0v) is 11.3. The molecule has 3 N–H and O–H groups in total. The summed E-state index contributed by atoms with van der Waals surface area (Å²) in [5.74, 6) is 0.859. The molecular formula is C14H17N5O. The molecular weight excluding hydrogens is 254 g/mol. The first kappa shape index (κ1) is 12.7. The number of piperazine rings is 1. The van der Waals surface area contributed by atoms with Crippen LogP contribution in [-0.4, -0.2) is 35.0 Å². The van der Waals surface area contributed by atoms with Crippen LogP contribution in [0.2, 0.25) is 0 Å². The first-order chi connectivity index (χ1) is 9.70. The highest BCUT2D eigenvalue weighted by atomic mass is 16.2. The van der Waals surface area contributed by atoms with E-state index in [2.05, 4.69) is 20.2 Å². The Bertz CT molecular complexity index is 657. The first-order valence-corrected chi connectivity index (χ1v) is 6.75. The lowest BCUT2D eigenvalue weighted by atomic mass is 10.1. The molecule has 1 amide bonds. The van der Waals surface area contributed by atoms with Gasteiger partial charge in [0.25, 0.3) is 0 Å². The fourth-order valence-corrected chi connectivity index (χ4v) is 2.66. The normalized spacial score (nSPS) is 19.1. The maximum Gasteiger partial charge on any atom is 0.242 e. The van der Waals surface area contributed by atoms with Gasteiger partial charge >= 0.3 is 0 Å². The molecule has 1 aliphatic rings. The van der Waals surface area contributed by atoms with Gasteiger partial charge in [0, 0.05) is 24.2 Å². The number of amides is 1. The smallest absolute Gasteiger partial charge is 0.242 e. The summed E-state index contributed by atoms with van der Waals surface area (Å²) >= 11 is 0. The van der Waals surface area contributed by atoms with Crippen LogP contribution in [0, 0.1) is 0 Å². The highest BCUT2D eigenvalue weighted by Crippen LogP contribution is 2.27. The number of nitrogens with two attached hydrogens (primary N) is 1. The van der Waals surface area contributed by atoms with Crippen molar-refractivity contribution in [3.05, 3.63) is 24.5 Å². The zero-order chi connectivity index (χ0) is 14.1. The molecule has 1 aliphatic heterocycles. The summed E-state index contributed by atoms with van der Waals surface area (Å²) in [6.07, 6.45) is 2.27. The Morgan fingerprint density at radius 2 is 2.30 bits per heavy atom. The number of rotatable bonds is 2. The number of nitrogen functional groups attached to an aromatic ring is 1. The van der Waals surface area contributed by atoms with E-state index < -0.39 is 0 Å². The largest absolute Gasteiger partial charge is 0.399 e. The number of nitrogens with one attached hydrogen (secondary N) is 1. The number of nitrogens with zero attached hydrogens (tertiary/aromatic N) is 3. The third-order valence-corrected chi connectivity index (χ3v) is 3.63. The molecule has 0 aliphatic carbocycles.